The molecule has 1 fully saturated rings. The predicted molar refractivity (Wildman–Crippen MR) is 121 cm³/mol. The molecule has 0 atom stereocenters. The Morgan fingerprint density at radius 3 is 2.55 bits per heavy atom. The molecule has 31 heavy (non-hydrogen) atoms. The standard InChI is InChI=1S/C24H28N4O3/c1-2-27(16-21-18-31-24(26-21)19-6-4-3-5-7-19)17-23(29)25-20-8-10-22(11-9-20)28-12-14-30-15-13-28/h3-11,18H,2,12-17H2,1H3,(H,25,29). The van der Waals surface area contributed by atoms with Gasteiger partial charge in [-0.25, -0.2) is 4.98 Å². The van der Waals surface area contributed by atoms with E-state index in [1.54, 1.807) is 6.26 Å². The fourth-order valence-electron chi connectivity index (χ4n) is 3.58. The Morgan fingerprint density at radius 1 is 1.10 bits per heavy atom. The van der Waals surface area contributed by atoms with Crippen LogP contribution in [0.2, 0.25) is 0 Å². The van der Waals surface area contributed by atoms with Crippen LogP contribution in [0.4, 0.5) is 11.4 Å². The number of oxazole rings is 1. The quantitative estimate of drug-likeness (QED) is 0.600. The zero-order chi connectivity index (χ0) is 21.5. The van der Waals surface area contributed by atoms with Gasteiger partial charge in [0.2, 0.25) is 11.8 Å². The number of hydrogen-bond donors (Lipinski definition) is 1. The number of morpholine rings is 1. The van der Waals surface area contributed by atoms with E-state index in [0.717, 1.165) is 55.5 Å². The summed E-state index contributed by atoms with van der Waals surface area (Å²) in [6.07, 6.45) is 1.66. The monoisotopic (exact) mass is 420 g/mol. The van der Waals surface area contributed by atoms with Gasteiger partial charge >= 0.3 is 0 Å². The number of rotatable bonds is 8. The molecule has 0 aliphatic carbocycles. The first-order chi connectivity index (χ1) is 15.2. The van der Waals surface area contributed by atoms with Gasteiger partial charge in [0.05, 0.1) is 25.5 Å². The van der Waals surface area contributed by atoms with Crippen LogP contribution in [-0.4, -0.2) is 55.2 Å². The van der Waals surface area contributed by atoms with Crippen LogP contribution in [-0.2, 0) is 16.1 Å². The third-order valence-electron chi connectivity index (χ3n) is 5.30. The molecule has 1 N–H and O–H groups in total. The van der Waals surface area contributed by atoms with Gasteiger partial charge in [0, 0.05) is 36.6 Å². The van der Waals surface area contributed by atoms with Crippen LogP contribution in [0.25, 0.3) is 11.5 Å². The first kappa shape index (κ1) is 21.1. The number of nitrogens with one attached hydrogen (secondary N) is 1. The summed E-state index contributed by atoms with van der Waals surface area (Å²) in [5, 5.41) is 2.99. The van der Waals surface area contributed by atoms with Crippen molar-refractivity contribution in [3.05, 3.63) is 66.6 Å². The molecule has 0 bridgehead atoms. The van der Waals surface area contributed by atoms with Gasteiger partial charge in [-0.1, -0.05) is 25.1 Å². The largest absolute Gasteiger partial charge is 0.444 e. The maximum absolute atomic E-state index is 12.6. The number of aromatic nitrogens is 1. The number of anilines is 2. The fourth-order valence-corrected chi connectivity index (χ4v) is 3.58. The van der Waals surface area contributed by atoms with E-state index in [1.807, 2.05) is 66.4 Å². The molecule has 7 nitrogen and oxygen atoms in total. The molecule has 1 amide bonds. The summed E-state index contributed by atoms with van der Waals surface area (Å²) in [5.74, 6) is 0.546. The summed E-state index contributed by atoms with van der Waals surface area (Å²) in [5.41, 5.74) is 3.70. The number of benzene rings is 2. The topological polar surface area (TPSA) is 70.8 Å². The minimum absolute atomic E-state index is 0.0484. The highest BCUT2D eigenvalue weighted by atomic mass is 16.5. The summed E-state index contributed by atoms with van der Waals surface area (Å²) in [4.78, 5) is 21.4. The van der Waals surface area contributed by atoms with E-state index in [2.05, 4.69) is 15.2 Å². The van der Waals surface area contributed by atoms with E-state index < -0.39 is 0 Å². The smallest absolute Gasteiger partial charge is 0.238 e. The van der Waals surface area contributed by atoms with Gasteiger partial charge in [-0.15, -0.1) is 0 Å². The van der Waals surface area contributed by atoms with E-state index in [-0.39, 0.29) is 12.5 Å². The number of nitrogens with zero attached hydrogens (tertiary/aromatic N) is 3. The summed E-state index contributed by atoms with van der Waals surface area (Å²) in [7, 11) is 0. The van der Waals surface area contributed by atoms with Crippen LogP contribution >= 0.6 is 0 Å². The van der Waals surface area contributed by atoms with Gasteiger partial charge in [0.25, 0.3) is 0 Å². The highest BCUT2D eigenvalue weighted by Crippen LogP contribution is 2.20. The Hall–Kier alpha value is -3.16. The molecule has 1 aliphatic rings. The van der Waals surface area contributed by atoms with Crippen molar-refractivity contribution in [1.82, 2.24) is 9.88 Å². The van der Waals surface area contributed by atoms with Crippen molar-refractivity contribution in [2.24, 2.45) is 0 Å². The Balaban J connectivity index is 1.30. The highest BCUT2D eigenvalue weighted by Gasteiger charge is 2.14. The van der Waals surface area contributed by atoms with E-state index in [1.165, 1.54) is 0 Å². The molecule has 4 rings (SSSR count). The Labute approximate surface area is 182 Å². The lowest BCUT2D eigenvalue weighted by molar-refractivity contribution is -0.117. The van der Waals surface area contributed by atoms with E-state index in [9.17, 15) is 4.79 Å². The zero-order valence-electron chi connectivity index (χ0n) is 17.8. The van der Waals surface area contributed by atoms with Gasteiger partial charge in [-0.3, -0.25) is 9.69 Å². The zero-order valence-corrected chi connectivity index (χ0v) is 17.8. The average Bonchev–Trinajstić information content (AvgIpc) is 3.29. The minimum Gasteiger partial charge on any atom is -0.444 e. The van der Waals surface area contributed by atoms with Gasteiger partial charge in [-0.2, -0.15) is 0 Å². The molecule has 3 aromatic rings. The number of likely N-dealkylation sites (N-methyl/N-ethyl adjacent to an activating group) is 1. The van der Waals surface area contributed by atoms with Crippen molar-refractivity contribution in [3.8, 4) is 11.5 Å². The molecular formula is C24H28N4O3. The van der Waals surface area contributed by atoms with Gasteiger partial charge in [0.15, 0.2) is 0 Å². The minimum atomic E-state index is -0.0484. The second-order valence-electron chi connectivity index (χ2n) is 7.51. The lowest BCUT2D eigenvalue weighted by Crippen LogP contribution is -2.36. The predicted octanol–water partition coefficient (Wildman–Crippen LogP) is 3.64. The molecule has 162 valence electrons. The van der Waals surface area contributed by atoms with Crippen LogP contribution in [0.3, 0.4) is 0 Å². The van der Waals surface area contributed by atoms with Crippen LogP contribution in [0.1, 0.15) is 12.6 Å². The van der Waals surface area contributed by atoms with Gasteiger partial charge < -0.3 is 19.4 Å². The molecule has 1 saturated heterocycles. The number of amides is 1. The second kappa shape index (κ2) is 10.2. The van der Waals surface area contributed by atoms with E-state index >= 15 is 0 Å². The van der Waals surface area contributed by atoms with E-state index in [0.29, 0.717) is 12.4 Å². The second-order valence-corrected chi connectivity index (χ2v) is 7.51. The fraction of sp³-hybridized carbons (Fsp3) is 0.333. The van der Waals surface area contributed by atoms with Crippen molar-refractivity contribution < 1.29 is 13.9 Å². The molecule has 0 spiro atoms. The van der Waals surface area contributed by atoms with Crippen LogP contribution in [0.5, 0.6) is 0 Å². The van der Waals surface area contributed by atoms with Crippen molar-refractivity contribution in [2.45, 2.75) is 13.5 Å². The molecule has 0 unspecified atom stereocenters. The molecule has 7 heteroatoms. The summed E-state index contributed by atoms with van der Waals surface area (Å²) in [6, 6.07) is 17.8. The van der Waals surface area contributed by atoms with Crippen LogP contribution in [0, 0.1) is 0 Å². The Kier molecular flexibility index (Phi) is 6.96. The summed E-state index contributed by atoms with van der Waals surface area (Å²) >= 11 is 0. The number of carbonyl (C=O) groups excluding carboxylic acids is 1. The van der Waals surface area contributed by atoms with Crippen molar-refractivity contribution in [2.75, 3.05) is 49.6 Å². The van der Waals surface area contributed by atoms with Crippen molar-refractivity contribution in [3.63, 3.8) is 0 Å². The lowest BCUT2D eigenvalue weighted by atomic mass is 10.2. The lowest BCUT2D eigenvalue weighted by Gasteiger charge is -2.29. The highest BCUT2D eigenvalue weighted by molar-refractivity contribution is 5.92. The third-order valence-corrected chi connectivity index (χ3v) is 5.30. The van der Waals surface area contributed by atoms with E-state index in [4.69, 9.17) is 9.15 Å². The molecule has 1 aromatic heterocycles. The Bertz CT molecular complexity index is 966. The Morgan fingerprint density at radius 2 is 1.84 bits per heavy atom. The molecule has 1 aliphatic heterocycles. The SMILES string of the molecule is CCN(CC(=O)Nc1ccc(N2CCOCC2)cc1)Cc1coc(-c2ccccc2)n1. The molecule has 0 saturated carbocycles. The summed E-state index contributed by atoms with van der Waals surface area (Å²) in [6.45, 7) is 6.90. The number of ether oxygens (including phenoxy) is 1. The average molecular weight is 421 g/mol. The molecule has 2 heterocycles. The number of carbonyl (C=O) groups is 1. The van der Waals surface area contributed by atoms with Gasteiger partial charge in [0.1, 0.15) is 6.26 Å². The normalized spacial score (nSPS) is 14.1. The van der Waals surface area contributed by atoms with Crippen LogP contribution < -0.4 is 10.2 Å². The van der Waals surface area contributed by atoms with Crippen LogP contribution in [0.15, 0.2) is 65.3 Å². The molecule has 2 aromatic carbocycles. The first-order valence-electron chi connectivity index (χ1n) is 10.7. The third kappa shape index (κ3) is 5.71. The molecular weight excluding hydrogens is 392 g/mol. The first-order valence-corrected chi connectivity index (χ1v) is 10.7. The maximum Gasteiger partial charge on any atom is 0.238 e. The summed E-state index contributed by atoms with van der Waals surface area (Å²) < 4.78 is 11.0. The maximum atomic E-state index is 12.6. The van der Waals surface area contributed by atoms with Gasteiger partial charge in [-0.05, 0) is 42.9 Å². The molecule has 0 radical (unpaired) electrons. The van der Waals surface area contributed by atoms with Crippen molar-refractivity contribution >= 4 is 17.3 Å². The van der Waals surface area contributed by atoms with Crippen molar-refractivity contribution in [1.29, 1.82) is 0 Å². The number of hydrogen-bond acceptors (Lipinski definition) is 6.